The quantitative estimate of drug-likeness (QED) is 0.620. The molecule has 6 heteroatoms. The molecule has 0 unspecified atom stereocenters. The Hall–Kier alpha value is -2.37. The summed E-state index contributed by atoms with van der Waals surface area (Å²) in [6.45, 7) is 2.96. The van der Waals surface area contributed by atoms with Crippen LogP contribution in [0.4, 0.5) is 0 Å². The SMILES string of the molecule is CCCn1cc(Oc2ccc(C(=N)N)nc2)cn1. The number of ether oxygens (including phenoxy) is 1. The molecule has 2 aromatic rings. The van der Waals surface area contributed by atoms with Crippen LogP contribution in [0.5, 0.6) is 11.5 Å². The molecule has 0 saturated heterocycles. The normalized spacial score (nSPS) is 10.3. The zero-order chi connectivity index (χ0) is 13.0. The lowest BCUT2D eigenvalue weighted by Gasteiger charge is -2.03. The summed E-state index contributed by atoms with van der Waals surface area (Å²) in [6, 6.07) is 3.37. The minimum absolute atomic E-state index is 0.0580. The molecule has 0 fully saturated rings. The Morgan fingerprint density at radius 3 is 2.83 bits per heavy atom. The van der Waals surface area contributed by atoms with Crippen LogP contribution in [-0.2, 0) is 6.54 Å². The van der Waals surface area contributed by atoms with E-state index >= 15 is 0 Å². The van der Waals surface area contributed by atoms with Crippen molar-refractivity contribution in [2.75, 3.05) is 0 Å². The molecule has 0 amide bonds. The van der Waals surface area contributed by atoms with Crippen LogP contribution in [0.25, 0.3) is 0 Å². The molecule has 2 rings (SSSR count). The number of aryl methyl sites for hydroxylation is 1. The minimum Gasteiger partial charge on any atom is -0.452 e. The molecule has 18 heavy (non-hydrogen) atoms. The van der Waals surface area contributed by atoms with E-state index in [-0.39, 0.29) is 5.84 Å². The molecule has 0 saturated carbocycles. The van der Waals surface area contributed by atoms with E-state index in [9.17, 15) is 0 Å². The molecule has 94 valence electrons. The molecule has 0 aromatic carbocycles. The van der Waals surface area contributed by atoms with Gasteiger partial charge >= 0.3 is 0 Å². The van der Waals surface area contributed by atoms with Gasteiger partial charge in [0.25, 0.3) is 0 Å². The lowest BCUT2D eigenvalue weighted by Crippen LogP contribution is -2.12. The van der Waals surface area contributed by atoms with Crippen molar-refractivity contribution in [2.24, 2.45) is 5.73 Å². The van der Waals surface area contributed by atoms with Crippen molar-refractivity contribution in [1.82, 2.24) is 14.8 Å². The zero-order valence-corrected chi connectivity index (χ0v) is 10.1. The van der Waals surface area contributed by atoms with Gasteiger partial charge in [0.1, 0.15) is 17.3 Å². The summed E-state index contributed by atoms with van der Waals surface area (Å²) in [5, 5.41) is 11.4. The van der Waals surface area contributed by atoms with Gasteiger partial charge in [0, 0.05) is 6.54 Å². The van der Waals surface area contributed by atoms with E-state index in [1.165, 1.54) is 6.20 Å². The van der Waals surface area contributed by atoms with Gasteiger partial charge in [-0.1, -0.05) is 6.92 Å². The number of nitrogens with two attached hydrogens (primary N) is 1. The van der Waals surface area contributed by atoms with E-state index in [2.05, 4.69) is 17.0 Å². The van der Waals surface area contributed by atoms with Gasteiger partial charge in [-0.25, -0.2) is 4.98 Å². The Bertz CT molecular complexity index is 532. The maximum Gasteiger partial charge on any atom is 0.165 e. The number of nitrogens with one attached hydrogen (secondary N) is 1. The molecule has 0 spiro atoms. The van der Waals surface area contributed by atoms with E-state index in [0.29, 0.717) is 17.2 Å². The molecule has 6 nitrogen and oxygen atoms in total. The fraction of sp³-hybridized carbons (Fsp3) is 0.250. The number of aromatic nitrogens is 3. The third-order valence-corrected chi connectivity index (χ3v) is 2.31. The van der Waals surface area contributed by atoms with E-state index < -0.39 is 0 Å². The average molecular weight is 245 g/mol. The first kappa shape index (κ1) is 12.1. The van der Waals surface area contributed by atoms with Crippen molar-refractivity contribution in [3.63, 3.8) is 0 Å². The second kappa shape index (κ2) is 5.31. The van der Waals surface area contributed by atoms with Gasteiger partial charge in [-0.2, -0.15) is 5.10 Å². The third kappa shape index (κ3) is 2.85. The molecular formula is C12H15N5O. The Morgan fingerprint density at radius 1 is 1.39 bits per heavy atom. The Morgan fingerprint density at radius 2 is 2.22 bits per heavy atom. The smallest absolute Gasteiger partial charge is 0.165 e. The fourth-order valence-corrected chi connectivity index (χ4v) is 1.48. The summed E-state index contributed by atoms with van der Waals surface area (Å²) in [6.07, 6.45) is 6.06. The summed E-state index contributed by atoms with van der Waals surface area (Å²) in [5.74, 6) is 1.20. The average Bonchev–Trinajstić information content (AvgIpc) is 2.78. The first-order valence-corrected chi connectivity index (χ1v) is 5.70. The molecule has 2 aromatic heterocycles. The highest BCUT2D eigenvalue weighted by Gasteiger charge is 2.03. The third-order valence-electron chi connectivity index (χ3n) is 2.31. The second-order valence-corrected chi connectivity index (χ2v) is 3.83. The van der Waals surface area contributed by atoms with Crippen LogP contribution in [0.3, 0.4) is 0 Å². The maximum atomic E-state index is 7.24. The van der Waals surface area contributed by atoms with Crippen molar-refractivity contribution < 1.29 is 4.74 Å². The maximum absolute atomic E-state index is 7.24. The topological polar surface area (TPSA) is 89.8 Å². The number of nitrogen functional groups attached to an aromatic ring is 1. The summed E-state index contributed by atoms with van der Waals surface area (Å²) in [4.78, 5) is 4.02. The predicted molar refractivity (Wildman–Crippen MR) is 67.8 cm³/mol. The summed E-state index contributed by atoms with van der Waals surface area (Å²) < 4.78 is 7.41. The number of pyridine rings is 1. The summed E-state index contributed by atoms with van der Waals surface area (Å²) in [5.41, 5.74) is 5.75. The van der Waals surface area contributed by atoms with Gasteiger partial charge in [0.05, 0.1) is 18.6 Å². The first-order valence-electron chi connectivity index (χ1n) is 5.70. The highest BCUT2D eigenvalue weighted by atomic mass is 16.5. The molecule has 2 heterocycles. The largest absolute Gasteiger partial charge is 0.452 e. The standard InChI is InChI=1S/C12H15N5O/c1-2-5-17-8-10(7-16-17)18-9-3-4-11(12(13)14)15-6-9/h3-4,6-8H,2,5H2,1H3,(H3,13,14). The lowest BCUT2D eigenvalue weighted by molar-refractivity contribution is 0.478. The number of hydrogen-bond donors (Lipinski definition) is 2. The van der Waals surface area contributed by atoms with Crippen LogP contribution in [0, 0.1) is 5.41 Å². The molecule has 0 radical (unpaired) electrons. The molecule has 0 bridgehead atoms. The number of rotatable bonds is 5. The minimum atomic E-state index is -0.0580. The van der Waals surface area contributed by atoms with Gasteiger partial charge in [-0.05, 0) is 18.6 Å². The number of hydrogen-bond acceptors (Lipinski definition) is 4. The van der Waals surface area contributed by atoms with Crippen LogP contribution in [-0.4, -0.2) is 20.6 Å². The molecule has 0 aliphatic rings. The Labute approximate surface area is 105 Å². The Balaban J connectivity index is 2.06. The predicted octanol–water partition coefficient (Wildman–Crippen LogP) is 1.76. The highest BCUT2D eigenvalue weighted by molar-refractivity contribution is 5.92. The molecule has 3 N–H and O–H groups in total. The van der Waals surface area contributed by atoms with E-state index in [1.54, 1.807) is 18.3 Å². The van der Waals surface area contributed by atoms with Gasteiger partial charge in [-0.15, -0.1) is 0 Å². The molecule has 0 atom stereocenters. The van der Waals surface area contributed by atoms with E-state index in [4.69, 9.17) is 15.9 Å². The van der Waals surface area contributed by atoms with Crippen molar-refractivity contribution >= 4 is 5.84 Å². The van der Waals surface area contributed by atoms with Gasteiger partial charge in [-0.3, -0.25) is 10.1 Å². The molecule has 0 aliphatic carbocycles. The van der Waals surface area contributed by atoms with Crippen LogP contribution < -0.4 is 10.5 Å². The summed E-state index contributed by atoms with van der Waals surface area (Å²) in [7, 11) is 0. The molecule has 0 aliphatic heterocycles. The number of amidine groups is 1. The van der Waals surface area contributed by atoms with Crippen molar-refractivity contribution in [2.45, 2.75) is 19.9 Å². The zero-order valence-electron chi connectivity index (χ0n) is 10.1. The fourth-order valence-electron chi connectivity index (χ4n) is 1.48. The Kier molecular flexibility index (Phi) is 3.57. The van der Waals surface area contributed by atoms with E-state index in [1.807, 2.05) is 10.9 Å². The molecular weight excluding hydrogens is 230 g/mol. The van der Waals surface area contributed by atoms with Gasteiger partial charge in [0.2, 0.25) is 0 Å². The highest BCUT2D eigenvalue weighted by Crippen LogP contribution is 2.19. The van der Waals surface area contributed by atoms with Gasteiger partial charge < -0.3 is 10.5 Å². The van der Waals surface area contributed by atoms with Crippen LogP contribution in [0.2, 0.25) is 0 Å². The van der Waals surface area contributed by atoms with E-state index in [0.717, 1.165) is 13.0 Å². The van der Waals surface area contributed by atoms with Crippen molar-refractivity contribution in [1.29, 1.82) is 5.41 Å². The van der Waals surface area contributed by atoms with Crippen molar-refractivity contribution in [3.05, 3.63) is 36.4 Å². The summed E-state index contributed by atoms with van der Waals surface area (Å²) >= 11 is 0. The second-order valence-electron chi connectivity index (χ2n) is 3.83. The lowest BCUT2D eigenvalue weighted by atomic mass is 10.3. The number of nitrogens with zero attached hydrogens (tertiary/aromatic N) is 3. The van der Waals surface area contributed by atoms with Crippen molar-refractivity contribution in [3.8, 4) is 11.5 Å². The first-order chi connectivity index (χ1) is 8.69. The van der Waals surface area contributed by atoms with Gasteiger partial charge in [0.15, 0.2) is 5.75 Å². The van der Waals surface area contributed by atoms with Crippen LogP contribution >= 0.6 is 0 Å². The van der Waals surface area contributed by atoms with Crippen LogP contribution in [0.15, 0.2) is 30.7 Å². The van der Waals surface area contributed by atoms with Crippen LogP contribution in [0.1, 0.15) is 19.0 Å². The monoisotopic (exact) mass is 245 g/mol.